The quantitative estimate of drug-likeness (QED) is 0.145. The van der Waals surface area contributed by atoms with Crippen molar-refractivity contribution in [2.75, 3.05) is 0 Å². The Morgan fingerprint density at radius 3 is 2.13 bits per heavy atom. The number of unbranched alkanes of at least 4 members (excludes halogenated alkanes) is 2. The van der Waals surface area contributed by atoms with E-state index in [0.29, 0.717) is 29.9 Å². The lowest BCUT2D eigenvalue weighted by atomic mass is 9.61. The Kier molecular flexibility index (Phi) is 11.2. The molecular weight excluding hydrogens is 593 g/mol. The molecule has 0 amide bonds. The molecule has 0 fully saturated rings. The number of aryl methyl sites for hydroxylation is 1. The third-order valence-electron chi connectivity index (χ3n) is 8.69. The summed E-state index contributed by atoms with van der Waals surface area (Å²) in [5, 5.41) is 0.865. The van der Waals surface area contributed by atoms with Crippen LogP contribution in [0.1, 0.15) is 119 Å². The summed E-state index contributed by atoms with van der Waals surface area (Å²) in [6.07, 6.45) is 0.00195. The van der Waals surface area contributed by atoms with E-state index in [0.717, 1.165) is 34.9 Å². The lowest BCUT2D eigenvalue weighted by Gasteiger charge is -2.45. The van der Waals surface area contributed by atoms with Crippen LogP contribution >= 0.6 is 11.3 Å². The minimum Gasteiger partial charge on any atom is -0.491 e. The minimum atomic E-state index is -4.44. The van der Waals surface area contributed by atoms with Gasteiger partial charge in [0.1, 0.15) is 11.4 Å². The van der Waals surface area contributed by atoms with Gasteiger partial charge in [0.2, 0.25) is 0 Å². The Morgan fingerprint density at radius 2 is 1.56 bits per heavy atom. The van der Waals surface area contributed by atoms with Crippen molar-refractivity contribution >= 4 is 27.4 Å². The number of carbonyl (C=O) groups is 1. The van der Waals surface area contributed by atoms with Crippen LogP contribution in [0.5, 0.6) is 5.75 Å². The second kappa shape index (κ2) is 13.7. The molecule has 0 aliphatic heterocycles. The number of thiophene rings is 1. The number of rotatable bonds is 12. The number of carbonyl (C=O) groups excluding carboxylic acids is 1. The first-order valence-electron chi connectivity index (χ1n) is 16.2. The molecular formula is C38H53F3O3S. The average Bonchev–Trinajstić information content (AvgIpc) is 3.29. The van der Waals surface area contributed by atoms with Gasteiger partial charge in [0.05, 0.1) is 17.1 Å². The standard InChI is InChI=1S/C38H53F3O3S/c1-12-13-14-15-26-16-19-29(30(20-26)38(39,40)41)32-21-27-17-18-28(22-31(27)45-32)43-25(2)23-36(9,10)44-33(42)37(11,35(6,7)8)24-34(3,4)5/h16-22,25H,12-15,23-24H2,1-11H3. The fourth-order valence-corrected chi connectivity index (χ4v) is 7.20. The molecule has 0 spiro atoms. The van der Waals surface area contributed by atoms with Gasteiger partial charge in [-0.3, -0.25) is 4.79 Å². The minimum absolute atomic E-state index is 0.0477. The zero-order chi connectivity index (χ0) is 34.0. The first-order chi connectivity index (χ1) is 20.5. The highest BCUT2D eigenvalue weighted by Gasteiger charge is 2.49. The molecule has 2 atom stereocenters. The molecule has 2 aromatic carbocycles. The number of benzene rings is 2. The van der Waals surface area contributed by atoms with Crippen LogP contribution in [0, 0.1) is 16.2 Å². The largest absolute Gasteiger partial charge is 0.491 e. The van der Waals surface area contributed by atoms with Gasteiger partial charge in [-0.05, 0) is 99.1 Å². The van der Waals surface area contributed by atoms with E-state index in [2.05, 4.69) is 48.5 Å². The molecule has 250 valence electrons. The number of halogens is 3. The Balaban J connectivity index is 1.77. The molecule has 45 heavy (non-hydrogen) atoms. The van der Waals surface area contributed by atoms with Crippen molar-refractivity contribution in [3.63, 3.8) is 0 Å². The highest BCUT2D eigenvalue weighted by Crippen LogP contribution is 2.48. The van der Waals surface area contributed by atoms with Gasteiger partial charge >= 0.3 is 12.1 Å². The molecule has 0 aliphatic rings. The summed E-state index contributed by atoms with van der Waals surface area (Å²) in [6.45, 7) is 22.5. The van der Waals surface area contributed by atoms with Gasteiger partial charge in [-0.1, -0.05) is 73.4 Å². The first-order valence-corrected chi connectivity index (χ1v) is 17.0. The zero-order valence-electron chi connectivity index (χ0n) is 29.1. The summed E-state index contributed by atoms with van der Waals surface area (Å²) in [5.41, 5.74) is -1.44. The molecule has 1 heterocycles. The summed E-state index contributed by atoms with van der Waals surface area (Å²) in [5.74, 6) is 0.419. The maximum Gasteiger partial charge on any atom is 0.417 e. The van der Waals surface area contributed by atoms with Gasteiger partial charge in [0.15, 0.2) is 0 Å². The molecule has 0 bridgehead atoms. The predicted octanol–water partition coefficient (Wildman–Crippen LogP) is 12.3. The Labute approximate surface area is 272 Å². The highest BCUT2D eigenvalue weighted by molar-refractivity contribution is 7.22. The van der Waals surface area contributed by atoms with E-state index < -0.39 is 22.8 Å². The van der Waals surface area contributed by atoms with Crippen molar-refractivity contribution in [2.45, 2.75) is 133 Å². The fourth-order valence-electron chi connectivity index (χ4n) is 6.07. The molecule has 0 saturated heterocycles. The normalized spacial score (nSPS) is 15.2. The predicted molar refractivity (Wildman–Crippen MR) is 182 cm³/mol. The van der Waals surface area contributed by atoms with Crippen LogP contribution in [0.15, 0.2) is 42.5 Å². The van der Waals surface area contributed by atoms with E-state index in [4.69, 9.17) is 9.47 Å². The SMILES string of the molecule is CCCCCc1ccc(-c2cc3ccc(OC(C)CC(C)(C)OC(=O)C(C)(CC(C)(C)C)C(C)(C)C)cc3s2)c(C(F)(F)F)c1. The van der Waals surface area contributed by atoms with E-state index in [1.54, 1.807) is 6.07 Å². The Morgan fingerprint density at radius 1 is 0.889 bits per heavy atom. The monoisotopic (exact) mass is 646 g/mol. The Hall–Kier alpha value is -2.54. The van der Waals surface area contributed by atoms with Gasteiger partial charge in [0, 0.05) is 21.6 Å². The summed E-state index contributed by atoms with van der Waals surface area (Å²) < 4.78 is 55.7. The van der Waals surface area contributed by atoms with E-state index >= 15 is 0 Å². The van der Waals surface area contributed by atoms with Crippen LogP contribution in [0.4, 0.5) is 13.2 Å². The maximum absolute atomic E-state index is 14.1. The number of ether oxygens (including phenoxy) is 2. The number of hydrogen-bond acceptors (Lipinski definition) is 4. The molecule has 0 N–H and O–H groups in total. The molecule has 3 nitrogen and oxygen atoms in total. The van der Waals surface area contributed by atoms with Crippen molar-refractivity contribution in [3.8, 4) is 16.2 Å². The average molecular weight is 647 g/mol. The van der Waals surface area contributed by atoms with Gasteiger partial charge in [0.25, 0.3) is 0 Å². The maximum atomic E-state index is 14.1. The van der Waals surface area contributed by atoms with E-state index in [9.17, 15) is 18.0 Å². The summed E-state index contributed by atoms with van der Waals surface area (Å²) >= 11 is 1.33. The van der Waals surface area contributed by atoms with Crippen LogP contribution in [0.2, 0.25) is 0 Å². The van der Waals surface area contributed by atoms with Gasteiger partial charge in [-0.15, -0.1) is 11.3 Å². The fraction of sp³-hybridized carbons (Fsp3) is 0.605. The third kappa shape index (κ3) is 9.73. The van der Waals surface area contributed by atoms with Crippen LogP contribution in [0.25, 0.3) is 20.5 Å². The smallest absolute Gasteiger partial charge is 0.417 e. The van der Waals surface area contributed by atoms with Crippen LogP contribution < -0.4 is 4.74 Å². The first kappa shape index (κ1) is 36.9. The molecule has 2 unspecified atom stereocenters. The molecule has 0 saturated carbocycles. The summed E-state index contributed by atoms with van der Waals surface area (Å²) in [7, 11) is 0. The van der Waals surface area contributed by atoms with Gasteiger partial charge < -0.3 is 9.47 Å². The number of esters is 1. The molecule has 7 heteroatoms. The zero-order valence-corrected chi connectivity index (χ0v) is 29.9. The summed E-state index contributed by atoms with van der Waals surface area (Å²) in [4.78, 5) is 14.2. The topological polar surface area (TPSA) is 35.5 Å². The number of fused-ring (bicyclic) bond motifs is 1. The van der Waals surface area contributed by atoms with Crippen LogP contribution in [-0.2, 0) is 22.1 Å². The van der Waals surface area contributed by atoms with Gasteiger partial charge in [-0.2, -0.15) is 13.2 Å². The van der Waals surface area contributed by atoms with Crippen molar-refractivity contribution in [1.29, 1.82) is 0 Å². The highest BCUT2D eigenvalue weighted by atomic mass is 32.1. The van der Waals surface area contributed by atoms with Crippen molar-refractivity contribution in [3.05, 3.63) is 53.6 Å². The molecule has 0 aliphatic carbocycles. The van der Waals surface area contributed by atoms with E-state index in [1.165, 1.54) is 17.4 Å². The summed E-state index contributed by atoms with van der Waals surface area (Å²) in [6, 6.07) is 12.2. The Bertz CT molecular complexity index is 1460. The number of alkyl halides is 3. The van der Waals surface area contributed by atoms with Gasteiger partial charge in [-0.25, -0.2) is 0 Å². The van der Waals surface area contributed by atoms with Crippen LogP contribution in [-0.4, -0.2) is 17.7 Å². The second-order valence-corrected chi connectivity index (χ2v) is 16.8. The van der Waals surface area contributed by atoms with Crippen molar-refractivity contribution in [1.82, 2.24) is 0 Å². The molecule has 3 rings (SSSR count). The molecule has 0 radical (unpaired) electrons. The molecule has 3 aromatic rings. The second-order valence-electron chi connectivity index (χ2n) is 15.7. The van der Waals surface area contributed by atoms with E-state index in [1.807, 2.05) is 58.0 Å². The molecule has 1 aromatic heterocycles. The lowest BCUT2D eigenvalue weighted by Crippen LogP contribution is -2.47. The van der Waals surface area contributed by atoms with E-state index in [-0.39, 0.29) is 28.5 Å². The van der Waals surface area contributed by atoms with Crippen LogP contribution in [0.3, 0.4) is 0 Å². The number of hydrogen-bond donors (Lipinski definition) is 0. The lowest BCUT2D eigenvalue weighted by molar-refractivity contribution is -0.180. The third-order valence-corrected chi connectivity index (χ3v) is 9.82. The van der Waals surface area contributed by atoms with Crippen molar-refractivity contribution < 1.29 is 27.4 Å². The van der Waals surface area contributed by atoms with Crippen molar-refractivity contribution in [2.24, 2.45) is 16.2 Å².